The molecule has 0 radical (unpaired) electrons. The number of β-amino-alcohol motifs (C(OH)–C–C–N with tert-alkyl or cyclic N) is 1. The van der Waals surface area contributed by atoms with Crippen LogP contribution in [0.3, 0.4) is 0 Å². The van der Waals surface area contributed by atoms with Crippen LogP contribution in [0.15, 0.2) is 0 Å². The van der Waals surface area contributed by atoms with Gasteiger partial charge in [-0.25, -0.2) is 0 Å². The van der Waals surface area contributed by atoms with Crippen molar-refractivity contribution in [2.24, 2.45) is 7.05 Å². The molecular weight excluding hydrogens is 226 g/mol. The van der Waals surface area contributed by atoms with Crippen molar-refractivity contribution in [2.75, 3.05) is 20.1 Å². The molecule has 4 nitrogen and oxygen atoms in total. The van der Waals surface area contributed by atoms with Gasteiger partial charge < -0.3 is 10.0 Å². The van der Waals surface area contributed by atoms with Gasteiger partial charge in [0.05, 0.1) is 22.0 Å². The average Bonchev–Trinajstić information content (AvgIpc) is 2.63. The Morgan fingerprint density at radius 3 is 2.62 bits per heavy atom. The second-order valence-electron chi connectivity index (χ2n) is 4.86. The summed E-state index contributed by atoms with van der Waals surface area (Å²) in [6.45, 7) is 3.52. The summed E-state index contributed by atoms with van der Waals surface area (Å²) in [5, 5.41) is 15.4. The molecule has 1 aromatic rings. The maximum atomic E-state index is 10.4. The number of aryl methyl sites for hydroxylation is 2. The molecule has 0 amide bonds. The lowest BCUT2D eigenvalue weighted by Crippen LogP contribution is -2.35. The van der Waals surface area contributed by atoms with Gasteiger partial charge in [-0.2, -0.15) is 5.10 Å². The average molecular weight is 244 g/mol. The Kier molecular flexibility index (Phi) is 2.99. The summed E-state index contributed by atoms with van der Waals surface area (Å²) in [5.41, 5.74) is 1.10. The van der Waals surface area contributed by atoms with Crippen LogP contribution in [0.25, 0.3) is 0 Å². The molecule has 0 aromatic carbocycles. The molecule has 1 aliphatic rings. The zero-order chi connectivity index (χ0) is 11.9. The van der Waals surface area contributed by atoms with Crippen LogP contribution in [0, 0.1) is 6.92 Å². The van der Waals surface area contributed by atoms with Crippen LogP contribution >= 0.6 is 11.6 Å². The zero-order valence-electron chi connectivity index (χ0n) is 10.00. The highest BCUT2D eigenvalue weighted by atomic mass is 35.5. The van der Waals surface area contributed by atoms with E-state index in [9.17, 15) is 5.11 Å². The first-order valence-electron chi connectivity index (χ1n) is 5.50. The first kappa shape index (κ1) is 11.9. The van der Waals surface area contributed by atoms with Gasteiger partial charge in [0.1, 0.15) is 0 Å². The highest BCUT2D eigenvalue weighted by Crippen LogP contribution is 2.28. The van der Waals surface area contributed by atoms with Crippen LogP contribution in [-0.4, -0.2) is 45.5 Å². The lowest BCUT2D eigenvalue weighted by atomic mass is 9.96. The van der Waals surface area contributed by atoms with E-state index in [0.29, 0.717) is 18.0 Å². The van der Waals surface area contributed by atoms with Gasteiger partial charge in [0.25, 0.3) is 0 Å². The van der Waals surface area contributed by atoms with Gasteiger partial charge in [-0.3, -0.25) is 4.68 Å². The molecule has 1 atom stereocenters. The molecule has 0 bridgehead atoms. The predicted molar refractivity (Wildman–Crippen MR) is 63.7 cm³/mol. The Morgan fingerprint density at radius 2 is 2.19 bits per heavy atom. The van der Waals surface area contributed by atoms with E-state index >= 15 is 0 Å². The lowest BCUT2D eigenvalue weighted by Gasteiger charge is -2.22. The summed E-state index contributed by atoms with van der Waals surface area (Å²) >= 11 is 6.18. The number of halogens is 1. The van der Waals surface area contributed by atoms with Gasteiger partial charge in [-0.1, -0.05) is 11.6 Å². The molecule has 0 spiro atoms. The molecule has 5 heteroatoms. The van der Waals surface area contributed by atoms with E-state index in [2.05, 4.69) is 10.00 Å². The quantitative estimate of drug-likeness (QED) is 0.843. The Labute approximate surface area is 101 Å². The van der Waals surface area contributed by atoms with E-state index in [1.165, 1.54) is 0 Å². The summed E-state index contributed by atoms with van der Waals surface area (Å²) < 4.78 is 1.77. The van der Waals surface area contributed by atoms with E-state index in [-0.39, 0.29) is 0 Å². The van der Waals surface area contributed by atoms with Crippen molar-refractivity contribution < 1.29 is 5.11 Å². The third kappa shape index (κ3) is 2.10. The molecule has 1 N–H and O–H groups in total. The van der Waals surface area contributed by atoms with E-state index in [1.54, 1.807) is 4.68 Å². The van der Waals surface area contributed by atoms with Crippen molar-refractivity contribution in [3.63, 3.8) is 0 Å². The van der Waals surface area contributed by atoms with Gasteiger partial charge in [0.2, 0.25) is 0 Å². The van der Waals surface area contributed by atoms with Crippen LogP contribution in [0.5, 0.6) is 0 Å². The molecular formula is C11H18ClN3O. The standard InChI is InChI=1S/C11H18ClN3O/c1-8-10(12)9(15(3)13-8)6-11(16)4-5-14(2)7-11/h16H,4-7H2,1-3H3. The van der Waals surface area contributed by atoms with Gasteiger partial charge in [0, 0.05) is 26.6 Å². The van der Waals surface area contributed by atoms with Gasteiger partial charge in [-0.05, 0) is 20.4 Å². The fourth-order valence-corrected chi connectivity index (χ4v) is 2.61. The van der Waals surface area contributed by atoms with Gasteiger partial charge in [0.15, 0.2) is 0 Å². The molecule has 90 valence electrons. The first-order chi connectivity index (χ1) is 7.41. The van der Waals surface area contributed by atoms with Crippen molar-refractivity contribution >= 4 is 11.6 Å². The Morgan fingerprint density at radius 1 is 1.50 bits per heavy atom. The number of likely N-dealkylation sites (tertiary alicyclic amines) is 1. The molecule has 2 heterocycles. The molecule has 2 rings (SSSR count). The summed E-state index contributed by atoms with van der Waals surface area (Å²) in [7, 11) is 3.89. The topological polar surface area (TPSA) is 41.3 Å². The van der Waals surface area contributed by atoms with Crippen molar-refractivity contribution in [1.29, 1.82) is 0 Å². The zero-order valence-corrected chi connectivity index (χ0v) is 10.8. The van der Waals surface area contributed by atoms with Crippen molar-refractivity contribution in [1.82, 2.24) is 14.7 Å². The predicted octanol–water partition coefficient (Wildman–Crippen LogP) is 0.991. The van der Waals surface area contributed by atoms with E-state index in [1.807, 2.05) is 21.0 Å². The Balaban J connectivity index is 2.21. The fourth-order valence-electron chi connectivity index (χ4n) is 2.39. The lowest BCUT2D eigenvalue weighted by molar-refractivity contribution is 0.0505. The van der Waals surface area contributed by atoms with E-state index in [0.717, 1.165) is 24.4 Å². The van der Waals surface area contributed by atoms with E-state index in [4.69, 9.17) is 11.6 Å². The fraction of sp³-hybridized carbons (Fsp3) is 0.727. The highest BCUT2D eigenvalue weighted by Gasteiger charge is 2.36. The summed E-state index contributed by atoms with van der Waals surface area (Å²) in [6, 6.07) is 0. The SMILES string of the molecule is Cc1nn(C)c(CC2(O)CCN(C)C2)c1Cl. The Bertz CT molecular complexity index is 404. The third-order valence-electron chi connectivity index (χ3n) is 3.28. The number of aromatic nitrogens is 2. The van der Waals surface area contributed by atoms with Crippen LogP contribution < -0.4 is 0 Å². The third-order valence-corrected chi connectivity index (χ3v) is 3.77. The molecule has 1 saturated heterocycles. The van der Waals surface area contributed by atoms with Crippen LogP contribution in [0.4, 0.5) is 0 Å². The maximum absolute atomic E-state index is 10.4. The smallest absolute Gasteiger partial charge is 0.0848 e. The minimum absolute atomic E-state index is 0.577. The molecule has 1 aliphatic heterocycles. The highest BCUT2D eigenvalue weighted by molar-refractivity contribution is 6.31. The Hall–Kier alpha value is -0.580. The second-order valence-corrected chi connectivity index (χ2v) is 5.24. The number of hydrogen-bond acceptors (Lipinski definition) is 3. The van der Waals surface area contributed by atoms with Crippen molar-refractivity contribution in [3.8, 4) is 0 Å². The van der Waals surface area contributed by atoms with Crippen LogP contribution in [0.2, 0.25) is 5.02 Å². The van der Waals surface area contributed by atoms with E-state index < -0.39 is 5.60 Å². The van der Waals surface area contributed by atoms with Crippen LogP contribution in [0.1, 0.15) is 17.8 Å². The van der Waals surface area contributed by atoms with Gasteiger partial charge >= 0.3 is 0 Å². The van der Waals surface area contributed by atoms with Crippen LogP contribution in [-0.2, 0) is 13.5 Å². The largest absolute Gasteiger partial charge is 0.388 e. The maximum Gasteiger partial charge on any atom is 0.0848 e. The van der Waals surface area contributed by atoms with Crippen molar-refractivity contribution in [2.45, 2.75) is 25.4 Å². The van der Waals surface area contributed by atoms with Crippen molar-refractivity contribution in [3.05, 3.63) is 16.4 Å². The second kappa shape index (κ2) is 4.02. The minimum Gasteiger partial charge on any atom is -0.388 e. The van der Waals surface area contributed by atoms with Gasteiger partial charge in [-0.15, -0.1) is 0 Å². The molecule has 16 heavy (non-hydrogen) atoms. The summed E-state index contributed by atoms with van der Waals surface area (Å²) in [6.07, 6.45) is 1.37. The molecule has 1 unspecified atom stereocenters. The number of hydrogen-bond donors (Lipinski definition) is 1. The normalized spacial score (nSPS) is 26.6. The first-order valence-corrected chi connectivity index (χ1v) is 5.88. The summed E-state index contributed by atoms with van der Waals surface area (Å²) in [4.78, 5) is 2.14. The molecule has 1 fully saturated rings. The number of nitrogens with zero attached hydrogens (tertiary/aromatic N) is 3. The minimum atomic E-state index is -0.654. The molecule has 0 aliphatic carbocycles. The summed E-state index contributed by atoms with van der Waals surface area (Å²) in [5.74, 6) is 0. The monoisotopic (exact) mass is 243 g/mol. The number of likely N-dealkylation sites (N-methyl/N-ethyl adjacent to an activating group) is 1. The molecule has 0 saturated carbocycles. The molecule has 1 aromatic heterocycles. The number of aliphatic hydroxyl groups is 1. The number of rotatable bonds is 2.